The van der Waals surface area contributed by atoms with E-state index < -0.39 is 5.97 Å². The van der Waals surface area contributed by atoms with Gasteiger partial charge in [-0.05, 0) is 49.4 Å². The van der Waals surface area contributed by atoms with E-state index in [0.717, 1.165) is 11.1 Å². The van der Waals surface area contributed by atoms with Gasteiger partial charge in [-0.3, -0.25) is 4.79 Å². The average molecular weight is 386 g/mol. The van der Waals surface area contributed by atoms with Crippen molar-refractivity contribution in [3.05, 3.63) is 45.8 Å². The normalized spacial score (nSPS) is 11.1. The molecule has 0 aliphatic heterocycles. The van der Waals surface area contributed by atoms with Crippen LogP contribution in [0.15, 0.2) is 29.0 Å². The Labute approximate surface area is 161 Å². The maximum Gasteiger partial charge on any atom is 0.356 e. The van der Waals surface area contributed by atoms with Crippen molar-refractivity contribution >= 4 is 39.8 Å². The van der Waals surface area contributed by atoms with Crippen LogP contribution in [0.1, 0.15) is 47.2 Å². The highest BCUT2D eigenvalue weighted by molar-refractivity contribution is 7.08. The van der Waals surface area contributed by atoms with Gasteiger partial charge in [0.25, 0.3) is 5.91 Å². The zero-order valence-corrected chi connectivity index (χ0v) is 16.5. The zero-order chi connectivity index (χ0) is 19.7. The van der Waals surface area contributed by atoms with Gasteiger partial charge in [0.2, 0.25) is 0 Å². The van der Waals surface area contributed by atoms with Crippen molar-refractivity contribution in [3.8, 4) is 5.75 Å². The third-order valence-corrected chi connectivity index (χ3v) is 5.03. The summed E-state index contributed by atoms with van der Waals surface area (Å²) in [5, 5.41) is 16.9. The number of aromatic nitrogens is 1. The molecule has 6 nitrogen and oxygen atoms in total. The van der Waals surface area contributed by atoms with Gasteiger partial charge in [0.1, 0.15) is 0 Å². The number of rotatable bonds is 6. The Morgan fingerprint density at radius 2 is 2.07 bits per heavy atom. The number of benzene rings is 1. The van der Waals surface area contributed by atoms with Crippen molar-refractivity contribution in [2.75, 3.05) is 5.32 Å². The monoisotopic (exact) mass is 386 g/mol. The van der Waals surface area contributed by atoms with E-state index in [1.54, 1.807) is 23.1 Å². The van der Waals surface area contributed by atoms with Crippen LogP contribution in [0.4, 0.5) is 5.69 Å². The summed E-state index contributed by atoms with van der Waals surface area (Å²) < 4.78 is 7.46. The number of nitrogens with one attached hydrogen (secondary N) is 1. The summed E-state index contributed by atoms with van der Waals surface area (Å²) in [6.45, 7) is 5.70. The van der Waals surface area contributed by atoms with Gasteiger partial charge in [-0.1, -0.05) is 6.92 Å². The van der Waals surface area contributed by atoms with Gasteiger partial charge < -0.3 is 19.7 Å². The smallest absolute Gasteiger partial charge is 0.356 e. The lowest BCUT2D eigenvalue weighted by atomic mass is 10.1. The average Bonchev–Trinajstić information content (AvgIpc) is 3.22. The van der Waals surface area contributed by atoms with Crippen LogP contribution in [0, 0.1) is 0 Å². The Kier molecular flexibility index (Phi) is 5.23. The van der Waals surface area contributed by atoms with Gasteiger partial charge in [-0.25, -0.2) is 4.79 Å². The fourth-order valence-electron chi connectivity index (χ4n) is 3.08. The van der Waals surface area contributed by atoms with Gasteiger partial charge in [-0.2, -0.15) is 11.3 Å². The topological polar surface area (TPSA) is 80.6 Å². The molecule has 3 aromatic rings. The van der Waals surface area contributed by atoms with Gasteiger partial charge in [0.05, 0.1) is 17.2 Å². The molecule has 7 heteroatoms. The molecule has 2 aromatic heterocycles. The van der Waals surface area contributed by atoms with Gasteiger partial charge >= 0.3 is 5.97 Å². The molecular formula is C20H22N2O4S. The van der Waals surface area contributed by atoms with Crippen LogP contribution in [0.25, 0.3) is 10.9 Å². The molecule has 0 spiro atoms. The van der Waals surface area contributed by atoms with E-state index in [1.165, 1.54) is 11.3 Å². The summed E-state index contributed by atoms with van der Waals surface area (Å²) in [5.74, 6) is -0.916. The minimum absolute atomic E-state index is 0.0991. The molecule has 0 aliphatic carbocycles. The Balaban J connectivity index is 2.17. The van der Waals surface area contributed by atoms with E-state index in [1.807, 2.05) is 38.3 Å². The summed E-state index contributed by atoms with van der Waals surface area (Å²) >= 11 is 1.46. The molecule has 0 fully saturated rings. The van der Waals surface area contributed by atoms with E-state index in [9.17, 15) is 14.7 Å². The van der Waals surface area contributed by atoms with Crippen LogP contribution in [-0.2, 0) is 13.5 Å². The molecular weight excluding hydrogens is 364 g/mol. The summed E-state index contributed by atoms with van der Waals surface area (Å²) in [5.41, 5.74) is 3.05. The molecule has 3 rings (SSSR count). The number of carbonyl (C=O) groups excluding carboxylic acids is 1. The number of fused-ring (bicyclic) bond motifs is 1. The van der Waals surface area contributed by atoms with Crippen molar-refractivity contribution in [2.45, 2.75) is 33.3 Å². The van der Waals surface area contributed by atoms with E-state index in [4.69, 9.17) is 4.74 Å². The van der Waals surface area contributed by atoms with E-state index in [2.05, 4.69) is 5.32 Å². The number of anilines is 1. The highest BCUT2D eigenvalue weighted by atomic mass is 32.1. The number of carboxylic acids is 1. The minimum Gasteiger partial charge on any atom is -0.488 e. The first-order valence-electron chi connectivity index (χ1n) is 8.72. The second-order valence-corrected chi connectivity index (χ2v) is 7.33. The first kappa shape index (κ1) is 19.0. The lowest BCUT2D eigenvalue weighted by molar-refractivity contribution is 0.0680. The number of ether oxygens (including phenoxy) is 1. The number of nitrogens with zero attached hydrogens (tertiary/aromatic N) is 1. The third-order valence-electron chi connectivity index (χ3n) is 4.35. The largest absolute Gasteiger partial charge is 0.488 e. The maximum absolute atomic E-state index is 12.5. The molecule has 0 saturated heterocycles. The lowest BCUT2D eigenvalue weighted by Gasteiger charge is -2.12. The molecule has 27 heavy (non-hydrogen) atoms. The third kappa shape index (κ3) is 3.55. The fourth-order valence-corrected chi connectivity index (χ4v) is 3.72. The molecule has 0 radical (unpaired) electrons. The molecule has 0 atom stereocenters. The zero-order valence-electron chi connectivity index (χ0n) is 15.7. The van der Waals surface area contributed by atoms with Crippen LogP contribution in [0.3, 0.4) is 0 Å². The number of aryl methyl sites for hydroxylation is 2. The number of aromatic carboxylic acids is 1. The molecule has 2 N–H and O–H groups in total. The van der Waals surface area contributed by atoms with Crippen molar-refractivity contribution in [1.82, 2.24) is 4.57 Å². The molecule has 142 valence electrons. The Morgan fingerprint density at radius 3 is 2.63 bits per heavy atom. The van der Waals surface area contributed by atoms with Crippen molar-refractivity contribution in [1.29, 1.82) is 0 Å². The Morgan fingerprint density at radius 1 is 1.33 bits per heavy atom. The molecule has 0 unspecified atom stereocenters. The van der Waals surface area contributed by atoms with Crippen LogP contribution >= 0.6 is 11.3 Å². The van der Waals surface area contributed by atoms with E-state index >= 15 is 0 Å². The quantitative estimate of drug-likeness (QED) is 0.652. The van der Waals surface area contributed by atoms with Crippen LogP contribution in [-0.4, -0.2) is 27.7 Å². The number of carbonyl (C=O) groups is 2. The van der Waals surface area contributed by atoms with Crippen LogP contribution in [0.5, 0.6) is 5.75 Å². The van der Waals surface area contributed by atoms with Gasteiger partial charge in [0, 0.05) is 23.5 Å². The summed E-state index contributed by atoms with van der Waals surface area (Å²) in [7, 11) is 1.71. The molecule has 0 bridgehead atoms. The van der Waals surface area contributed by atoms with Crippen LogP contribution in [0.2, 0.25) is 0 Å². The van der Waals surface area contributed by atoms with Crippen molar-refractivity contribution in [3.63, 3.8) is 0 Å². The highest BCUT2D eigenvalue weighted by Gasteiger charge is 2.24. The second-order valence-electron chi connectivity index (χ2n) is 6.55. The van der Waals surface area contributed by atoms with Gasteiger partial charge in [0.15, 0.2) is 11.4 Å². The standard InChI is InChI=1S/C20H22N2O4S/c1-5-12-8-16-14(9-15(12)21-19(23)13-6-7-27-10-13)18(26-11(2)3)17(20(24)25)22(16)4/h6-11H,5H2,1-4H3,(H,21,23)(H,24,25). The first-order chi connectivity index (χ1) is 12.8. The molecule has 1 amide bonds. The lowest BCUT2D eigenvalue weighted by Crippen LogP contribution is -2.12. The Bertz CT molecular complexity index is 1000. The SMILES string of the molecule is CCc1cc2c(cc1NC(=O)c1ccsc1)c(OC(C)C)c(C(=O)O)n2C. The molecule has 0 aliphatic rings. The van der Waals surface area contributed by atoms with E-state index in [-0.39, 0.29) is 17.7 Å². The van der Waals surface area contributed by atoms with Gasteiger partial charge in [-0.15, -0.1) is 0 Å². The van der Waals surface area contributed by atoms with Crippen molar-refractivity contribution in [2.24, 2.45) is 7.05 Å². The molecule has 1 aromatic carbocycles. The number of thiophene rings is 1. The summed E-state index contributed by atoms with van der Waals surface area (Å²) in [6.07, 6.45) is 0.520. The number of hydrogen-bond acceptors (Lipinski definition) is 4. The number of carboxylic acid groups (broad SMARTS) is 1. The maximum atomic E-state index is 12.5. The van der Waals surface area contributed by atoms with Crippen LogP contribution < -0.4 is 10.1 Å². The predicted molar refractivity (Wildman–Crippen MR) is 107 cm³/mol. The molecule has 2 heterocycles. The van der Waals surface area contributed by atoms with E-state index in [0.29, 0.717) is 28.8 Å². The summed E-state index contributed by atoms with van der Waals surface area (Å²) in [4.78, 5) is 24.3. The number of hydrogen-bond donors (Lipinski definition) is 2. The Hall–Kier alpha value is -2.80. The minimum atomic E-state index is -1.05. The highest BCUT2D eigenvalue weighted by Crippen LogP contribution is 2.37. The number of amides is 1. The second kappa shape index (κ2) is 7.44. The van der Waals surface area contributed by atoms with Crippen molar-refractivity contribution < 1.29 is 19.4 Å². The molecule has 0 saturated carbocycles. The fraction of sp³-hybridized carbons (Fsp3) is 0.300. The first-order valence-corrected chi connectivity index (χ1v) is 9.66. The summed E-state index contributed by atoms with van der Waals surface area (Å²) in [6, 6.07) is 5.49. The predicted octanol–water partition coefficient (Wildman–Crippen LogP) is 4.54.